The third-order valence-electron chi connectivity index (χ3n) is 3.90. The standard InChI is InChI=1S/C17H20FN3O3/c1-11(24-10-14-3-2-8-23-14)16(22)21-17-19-9-15(20-17)12-4-6-13(18)7-5-12/h4-7,9,11,14H,2-3,8,10H2,1H3,(H2,19,20,21,22). The predicted octanol–water partition coefficient (Wildman–Crippen LogP) is 2.74. The molecule has 128 valence electrons. The molecule has 1 aliphatic rings. The molecule has 2 aromatic rings. The Morgan fingerprint density at radius 2 is 2.29 bits per heavy atom. The van der Waals surface area contributed by atoms with Crippen LogP contribution in [0, 0.1) is 5.82 Å². The number of ether oxygens (including phenoxy) is 2. The number of H-pyrrole nitrogens is 1. The third kappa shape index (κ3) is 4.18. The molecular formula is C17H20FN3O3. The summed E-state index contributed by atoms with van der Waals surface area (Å²) in [4.78, 5) is 19.2. The van der Waals surface area contributed by atoms with Crippen LogP contribution in [-0.4, -0.2) is 41.3 Å². The number of hydrogen-bond acceptors (Lipinski definition) is 4. The number of nitrogens with one attached hydrogen (secondary N) is 2. The summed E-state index contributed by atoms with van der Waals surface area (Å²) < 4.78 is 24.0. The lowest BCUT2D eigenvalue weighted by molar-refractivity contribution is -0.128. The number of amides is 1. The van der Waals surface area contributed by atoms with Gasteiger partial charge in [0.1, 0.15) is 11.9 Å². The maximum absolute atomic E-state index is 12.9. The average molecular weight is 333 g/mol. The van der Waals surface area contributed by atoms with Crippen molar-refractivity contribution in [1.29, 1.82) is 0 Å². The summed E-state index contributed by atoms with van der Waals surface area (Å²) in [5.41, 5.74) is 1.48. The minimum absolute atomic E-state index is 0.0777. The average Bonchev–Trinajstić information content (AvgIpc) is 3.25. The van der Waals surface area contributed by atoms with E-state index in [0.29, 0.717) is 18.2 Å². The zero-order chi connectivity index (χ0) is 16.9. The summed E-state index contributed by atoms with van der Waals surface area (Å²) in [6.07, 6.45) is 3.06. The topological polar surface area (TPSA) is 76.2 Å². The first kappa shape index (κ1) is 16.6. The molecule has 3 rings (SSSR count). The highest BCUT2D eigenvalue weighted by molar-refractivity contribution is 5.92. The molecule has 2 N–H and O–H groups in total. The van der Waals surface area contributed by atoms with E-state index >= 15 is 0 Å². The van der Waals surface area contributed by atoms with Crippen molar-refractivity contribution < 1.29 is 18.7 Å². The summed E-state index contributed by atoms with van der Waals surface area (Å²) >= 11 is 0. The number of carbonyl (C=O) groups excluding carboxylic acids is 1. The fourth-order valence-corrected chi connectivity index (χ4v) is 2.48. The van der Waals surface area contributed by atoms with Crippen molar-refractivity contribution >= 4 is 11.9 Å². The van der Waals surface area contributed by atoms with Gasteiger partial charge < -0.3 is 14.5 Å². The van der Waals surface area contributed by atoms with Crippen molar-refractivity contribution in [3.8, 4) is 11.3 Å². The van der Waals surface area contributed by atoms with E-state index in [0.717, 1.165) is 25.0 Å². The summed E-state index contributed by atoms with van der Waals surface area (Å²) in [5.74, 6) is -0.260. The van der Waals surface area contributed by atoms with Gasteiger partial charge in [-0.15, -0.1) is 0 Å². The molecule has 1 aromatic carbocycles. The third-order valence-corrected chi connectivity index (χ3v) is 3.90. The minimum Gasteiger partial charge on any atom is -0.376 e. The largest absolute Gasteiger partial charge is 0.376 e. The Kier molecular flexibility index (Phi) is 5.22. The molecule has 1 amide bonds. The van der Waals surface area contributed by atoms with Crippen LogP contribution in [-0.2, 0) is 14.3 Å². The normalized spacial score (nSPS) is 18.5. The molecule has 6 nitrogen and oxygen atoms in total. The van der Waals surface area contributed by atoms with E-state index in [4.69, 9.17) is 9.47 Å². The predicted molar refractivity (Wildman–Crippen MR) is 87.0 cm³/mol. The molecule has 1 fully saturated rings. The number of aromatic nitrogens is 2. The smallest absolute Gasteiger partial charge is 0.255 e. The Hall–Kier alpha value is -2.25. The van der Waals surface area contributed by atoms with Crippen LogP contribution in [0.1, 0.15) is 19.8 Å². The van der Waals surface area contributed by atoms with Gasteiger partial charge in [-0.25, -0.2) is 9.37 Å². The summed E-state index contributed by atoms with van der Waals surface area (Å²) in [7, 11) is 0. The summed E-state index contributed by atoms with van der Waals surface area (Å²) in [6.45, 7) is 2.86. The molecule has 2 heterocycles. The fourth-order valence-electron chi connectivity index (χ4n) is 2.48. The van der Waals surface area contributed by atoms with Gasteiger partial charge in [0.25, 0.3) is 5.91 Å². The highest BCUT2D eigenvalue weighted by Crippen LogP contribution is 2.19. The lowest BCUT2D eigenvalue weighted by Crippen LogP contribution is -2.30. The number of hydrogen-bond donors (Lipinski definition) is 2. The van der Waals surface area contributed by atoms with Crippen LogP contribution >= 0.6 is 0 Å². The molecule has 1 saturated heterocycles. The van der Waals surface area contributed by atoms with Gasteiger partial charge >= 0.3 is 0 Å². The number of halogens is 1. The zero-order valence-corrected chi connectivity index (χ0v) is 13.4. The second kappa shape index (κ2) is 7.55. The first-order valence-corrected chi connectivity index (χ1v) is 7.97. The summed E-state index contributed by atoms with van der Waals surface area (Å²) in [5, 5.41) is 2.67. The molecule has 1 aliphatic heterocycles. The van der Waals surface area contributed by atoms with E-state index in [1.807, 2.05) is 0 Å². The van der Waals surface area contributed by atoms with Crippen molar-refractivity contribution in [2.75, 3.05) is 18.5 Å². The Labute approximate surface area is 139 Å². The maximum atomic E-state index is 12.9. The van der Waals surface area contributed by atoms with E-state index in [1.54, 1.807) is 25.3 Å². The van der Waals surface area contributed by atoms with Gasteiger partial charge in [-0.2, -0.15) is 0 Å². The quantitative estimate of drug-likeness (QED) is 0.852. The Bertz CT molecular complexity index is 681. The number of aromatic amines is 1. The first-order valence-electron chi connectivity index (χ1n) is 7.97. The number of imidazole rings is 1. The molecule has 0 aliphatic carbocycles. The molecule has 7 heteroatoms. The van der Waals surface area contributed by atoms with Crippen LogP contribution in [0.15, 0.2) is 30.5 Å². The zero-order valence-electron chi connectivity index (χ0n) is 13.4. The number of rotatable bonds is 6. The molecule has 0 bridgehead atoms. The van der Waals surface area contributed by atoms with Gasteiger partial charge in [-0.3, -0.25) is 10.1 Å². The highest BCUT2D eigenvalue weighted by Gasteiger charge is 2.20. The SMILES string of the molecule is CC(OCC1CCCO1)C(=O)Nc1ncc(-c2ccc(F)cc2)[nH]1. The molecule has 24 heavy (non-hydrogen) atoms. The van der Waals surface area contributed by atoms with Crippen LogP contribution in [0.5, 0.6) is 0 Å². The Balaban J connectivity index is 1.53. The number of nitrogens with zero attached hydrogens (tertiary/aromatic N) is 1. The Morgan fingerprint density at radius 1 is 1.50 bits per heavy atom. The Morgan fingerprint density at radius 3 is 3.00 bits per heavy atom. The van der Waals surface area contributed by atoms with Crippen molar-refractivity contribution in [3.63, 3.8) is 0 Å². The van der Waals surface area contributed by atoms with Crippen LogP contribution in [0.4, 0.5) is 10.3 Å². The second-order valence-electron chi connectivity index (χ2n) is 5.75. The molecule has 0 spiro atoms. The van der Waals surface area contributed by atoms with Gasteiger partial charge in [-0.05, 0) is 49.6 Å². The van der Waals surface area contributed by atoms with Gasteiger partial charge in [0.05, 0.1) is 24.6 Å². The number of anilines is 1. The van der Waals surface area contributed by atoms with Crippen LogP contribution in [0.2, 0.25) is 0 Å². The van der Waals surface area contributed by atoms with E-state index in [-0.39, 0.29) is 17.8 Å². The molecule has 0 saturated carbocycles. The number of carbonyl (C=O) groups is 1. The number of benzene rings is 1. The second-order valence-corrected chi connectivity index (χ2v) is 5.75. The highest BCUT2D eigenvalue weighted by atomic mass is 19.1. The van der Waals surface area contributed by atoms with Crippen molar-refractivity contribution in [1.82, 2.24) is 9.97 Å². The summed E-state index contributed by atoms with van der Waals surface area (Å²) in [6, 6.07) is 6.02. The molecular weight excluding hydrogens is 313 g/mol. The molecule has 1 aromatic heterocycles. The monoisotopic (exact) mass is 333 g/mol. The van der Waals surface area contributed by atoms with E-state index in [9.17, 15) is 9.18 Å². The lowest BCUT2D eigenvalue weighted by Gasteiger charge is -2.15. The fraction of sp³-hybridized carbons (Fsp3) is 0.412. The maximum Gasteiger partial charge on any atom is 0.255 e. The first-order chi connectivity index (χ1) is 11.6. The lowest BCUT2D eigenvalue weighted by atomic mass is 10.2. The van der Waals surface area contributed by atoms with Crippen molar-refractivity contribution in [3.05, 3.63) is 36.3 Å². The van der Waals surface area contributed by atoms with Crippen LogP contribution < -0.4 is 5.32 Å². The van der Waals surface area contributed by atoms with Crippen LogP contribution in [0.25, 0.3) is 11.3 Å². The van der Waals surface area contributed by atoms with Crippen molar-refractivity contribution in [2.45, 2.75) is 32.0 Å². The van der Waals surface area contributed by atoms with Crippen LogP contribution in [0.3, 0.4) is 0 Å². The molecule has 2 atom stereocenters. The molecule has 0 radical (unpaired) electrons. The van der Waals surface area contributed by atoms with Gasteiger partial charge in [0.2, 0.25) is 5.95 Å². The van der Waals surface area contributed by atoms with E-state index < -0.39 is 6.10 Å². The van der Waals surface area contributed by atoms with Gasteiger partial charge in [-0.1, -0.05) is 0 Å². The minimum atomic E-state index is -0.603. The molecule has 2 unspecified atom stereocenters. The van der Waals surface area contributed by atoms with E-state index in [2.05, 4.69) is 15.3 Å². The van der Waals surface area contributed by atoms with Gasteiger partial charge in [0, 0.05) is 6.61 Å². The van der Waals surface area contributed by atoms with E-state index in [1.165, 1.54) is 12.1 Å². The van der Waals surface area contributed by atoms with Crippen molar-refractivity contribution in [2.24, 2.45) is 0 Å². The van der Waals surface area contributed by atoms with Gasteiger partial charge in [0.15, 0.2) is 0 Å².